The lowest BCUT2D eigenvalue weighted by atomic mass is 9.97. The molecule has 3 heterocycles. The third-order valence-electron chi connectivity index (χ3n) is 3.92. The van der Waals surface area contributed by atoms with Gasteiger partial charge >= 0.3 is 0 Å². The Kier molecular flexibility index (Phi) is 3.04. The van der Waals surface area contributed by atoms with Crippen LogP contribution in [0.2, 0.25) is 0 Å². The van der Waals surface area contributed by atoms with E-state index in [2.05, 4.69) is 26.8 Å². The van der Waals surface area contributed by atoms with Gasteiger partial charge in [0.15, 0.2) is 5.82 Å². The van der Waals surface area contributed by atoms with E-state index in [0.29, 0.717) is 5.82 Å². The number of aromatic nitrogens is 3. The van der Waals surface area contributed by atoms with Gasteiger partial charge in [-0.25, -0.2) is 15.0 Å². The van der Waals surface area contributed by atoms with Gasteiger partial charge in [-0.1, -0.05) is 6.07 Å². The lowest BCUT2D eigenvalue weighted by molar-refractivity contribution is 0.457. The molecule has 5 heteroatoms. The highest BCUT2D eigenvalue weighted by Gasteiger charge is 2.41. The van der Waals surface area contributed by atoms with Crippen LogP contribution in [-0.4, -0.2) is 21.5 Å². The molecule has 2 aromatic rings. The third-order valence-corrected chi connectivity index (χ3v) is 3.92. The van der Waals surface area contributed by atoms with Crippen LogP contribution in [0.3, 0.4) is 0 Å². The Bertz CT molecular complexity index is 593. The summed E-state index contributed by atoms with van der Waals surface area (Å²) in [5.41, 5.74) is 6.55. The Morgan fingerprint density at radius 3 is 2.85 bits per heavy atom. The number of pyridine rings is 1. The quantitative estimate of drug-likeness (QED) is 0.906. The van der Waals surface area contributed by atoms with Gasteiger partial charge in [0.1, 0.15) is 11.6 Å². The van der Waals surface area contributed by atoms with Crippen molar-refractivity contribution in [1.29, 1.82) is 0 Å². The van der Waals surface area contributed by atoms with Gasteiger partial charge in [0, 0.05) is 24.5 Å². The number of hydrogen-bond acceptors (Lipinski definition) is 5. The van der Waals surface area contributed by atoms with Crippen molar-refractivity contribution in [3.63, 3.8) is 0 Å². The maximum Gasteiger partial charge on any atom is 0.156 e. The molecule has 0 saturated carbocycles. The van der Waals surface area contributed by atoms with E-state index >= 15 is 0 Å². The molecule has 20 heavy (non-hydrogen) atoms. The van der Waals surface area contributed by atoms with Crippen molar-refractivity contribution in [2.45, 2.75) is 32.2 Å². The molecular formula is C15H19N5. The van der Waals surface area contributed by atoms with Gasteiger partial charge < -0.3 is 10.6 Å². The Labute approximate surface area is 118 Å². The van der Waals surface area contributed by atoms with Gasteiger partial charge in [0.25, 0.3) is 0 Å². The Morgan fingerprint density at radius 2 is 2.15 bits per heavy atom. The summed E-state index contributed by atoms with van der Waals surface area (Å²) in [6, 6.07) is 7.76. The molecule has 0 aromatic carbocycles. The van der Waals surface area contributed by atoms with Crippen molar-refractivity contribution < 1.29 is 0 Å². The number of anilines is 2. The van der Waals surface area contributed by atoms with Crippen LogP contribution in [0.4, 0.5) is 11.6 Å². The molecule has 2 aromatic heterocycles. The maximum absolute atomic E-state index is 5.88. The van der Waals surface area contributed by atoms with Gasteiger partial charge in [-0.15, -0.1) is 0 Å². The van der Waals surface area contributed by atoms with Gasteiger partial charge in [0.2, 0.25) is 0 Å². The van der Waals surface area contributed by atoms with Crippen molar-refractivity contribution >= 4 is 11.6 Å². The number of rotatable bonds is 2. The molecule has 0 amide bonds. The number of aryl methyl sites for hydroxylation is 1. The molecule has 0 bridgehead atoms. The van der Waals surface area contributed by atoms with Gasteiger partial charge in [-0.2, -0.15) is 0 Å². The summed E-state index contributed by atoms with van der Waals surface area (Å²) in [6.07, 6.45) is 3.93. The molecule has 104 valence electrons. The molecule has 1 aliphatic rings. The fourth-order valence-electron chi connectivity index (χ4n) is 2.91. The third kappa shape index (κ3) is 2.09. The molecule has 1 unspecified atom stereocenters. The van der Waals surface area contributed by atoms with Crippen molar-refractivity contribution in [2.75, 3.05) is 17.2 Å². The number of nitrogens with two attached hydrogens (primary N) is 1. The first-order valence-electron chi connectivity index (χ1n) is 6.90. The van der Waals surface area contributed by atoms with Crippen LogP contribution in [0.25, 0.3) is 0 Å². The summed E-state index contributed by atoms with van der Waals surface area (Å²) in [4.78, 5) is 15.8. The predicted molar refractivity (Wildman–Crippen MR) is 79.4 cm³/mol. The second-order valence-corrected chi connectivity index (χ2v) is 5.47. The molecule has 5 nitrogen and oxygen atoms in total. The molecule has 3 rings (SSSR count). The minimum atomic E-state index is -0.242. The van der Waals surface area contributed by atoms with Crippen molar-refractivity contribution in [2.24, 2.45) is 0 Å². The zero-order valence-corrected chi connectivity index (χ0v) is 11.9. The summed E-state index contributed by atoms with van der Waals surface area (Å²) in [5, 5.41) is 0. The zero-order chi connectivity index (χ0) is 14.2. The highest BCUT2D eigenvalue weighted by molar-refractivity contribution is 5.45. The SMILES string of the molecule is Cc1cc(N)nc(C2(C)CCCN2c2ccccn2)n1. The Morgan fingerprint density at radius 1 is 1.30 bits per heavy atom. The molecule has 0 aliphatic carbocycles. The topological polar surface area (TPSA) is 67.9 Å². The van der Waals surface area contributed by atoms with Gasteiger partial charge in [-0.05, 0) is 38.8 Å². The van der Waals surface area contributed by atoms with Crippen LogP contribution in [0.1, 0.15) is 31.3 Å². The predicted octanol–water partition coefficient (Wildman–Crippen LogP) is 2.28. The number of hydrogen-bond donors (Lipinski definition) is 1. The average molecular weight is 269 g/mol. The first kappa shape index (κ1) is 12.8. The van der Waals surface area contributed by atoms with E-state index in [1.54, 1.807) is 6.07 Å². The molecule has 1 aliphatic heterocycles. The maximum atomic E-state index is 5.88. The molecule has 1 saturated heterocycles. The minimum absolute atomic E-state index is 0.242. The van der Waals surface area contributed by atoms with Crippen LogP contribution >= 0.6 is 0 Å². The van der Waals surface area contributed by atoms with E-state index in [-0.39, 0.29) is 5.54 Å². The van der Waals surface area contributed by atoms with Crippen LogP contribution < -0.4 is 10.6 Å². The van der Waals surface area contributed by atoms with E-state index in [1.165, 1.54) is 0 Å². The summed E-state index contributed by atoms with van der Waals surface area (Å²) in [7, 11) is 0. The van der Waals surface area contributed by atoms with Gasteiger partial charge in [-0.3, -0.25) is 0 Å². The van der Waals surface area contributed by atoms with Crippen LogP contribution in [0, 0.1) is 6.92 Å². The number of nitrogens with zero attached hydrogens (tertiary/aromatic N) is 4. The largest absolute Gasteiger partial charge is 0.384 e. The van der Waals surface area contributed by atoms with Crippen molar-refractivity contribution in [1.82, 2.24) is 15.0 Å². The summed E-state index contributed by atoms with van der Waals surface area (Å²) in [5.74, 6) is 2.29. The van der Waals surface area contributed by atoms with E-state index in [0.717, 1.165) is 36.7 Å². The molecule has 1 atom stereocenters. The van der Waals surface area contributed by atoms with Gasteiger partial charge in [0.05, 0.1) is 5.54 Å². The van der Waals surface area contributed by atoms with E-state index in [4.69, 9.17) is 5.73 Å². The highest BCUT2D eigenvalue weighted by atomic mass is 15.3. The highest BCUT2D eigenvalue weighted by Crippen LogP contribution is 2.39. The van der Waals surface area contributed by atoms with Crippen LogP contribution in [0.5, 0.6) is 0 Å². The van der Waals surface area contributed by atoms with E-state index in [9.17, 15) is 0 Å². The van der Waals surface area contributed by atoms with Crippen LogP contribution in [-0.2, 0) is 5.54 Å². The molecule has 1 fully saturated rings. The average Bonchev–Trinajstić information content (AvgIpc) is 2.82. The summed E-state index contributed by atoms with van der Waals surface area (Å²) < 4.78 is 0. The molecular weight excluding hydrogens is 250 g/mol. The normalized spacial score (nSPS) is 22.2. The molecule has 0 radical (unpaired) electrons. The Balaban J connectivity index is 2.05. The fourth-order valence-corrected chi connectivity index (χ4v) is 2.91. The number of nitrogen functional groups attached to an aromatic ring is 1. The Hall–Kier alpha value is -2.17. The second-order valence-electron chi connectivity index (χ2n) is 5.47. The zero-order valence-electron chi connectivity index (χ0n) is 11.9. The smallest absolute Gasteiger partial charge is 0.156 e. The first-order valence-corrected chi connectivity index (χ1v) is 6.90. The monoisotopic (exact) mass is 269 g/mol. The summed E-state index contributed by atoms with van der Waals surface area (Å²) >= 11 is 0. The van der Waals surface area contributed by atoms with E-state index < -0.39 is 0 Å². The summed E-state index contributed by atoms with van der Waals surface area (Å²) in [6.45, 7) is 5.08. The lowest BCUT2D eigenvalue weighted by Gasteiger charge is -2.35. The van der Waals surface area contributed by atoms with Crippen molar-refractivity contribution in [3.05, 3.63) is 42.0 Å². The van der Waals surface area contributed by atoms with E-state index in [1.807, 2.05) is 31.3 Å². The molecule has 2 N–H and O–H groups in total. The fraction of sp³-hybridized carbons (Fsp3) is 0.400. The first-order chi connectivity index (χ1) is 9.59. The minimum Gasteiger partial charge on any atom is -0.384 e. The standard InChI is InChI=1S/C15H19N5/c1-11-10-12(16)19-14(18-11)15(2)7-5-9-20(15)13-6-3-4-8-17-13/h3-4,6,8,10H,5,7,9H2,1-2H3,(H2,16,18,19). The van der Waals surface area contributed by atoms with Crippen molar-refractivity contribution in [3.8, 4) is 0 Å². The molecule has 0 spiro atoms. The second kappa shape index (κ2) is 4.74. The lowest BCUT2D eigenvalue weighted by Crippen LogP contribution is -2.41. The van der Waals surface area contributed by atoms with Crippen LogP contribution in [0.15, 0.2) is 30.5 Å².